The fraction of sp³-hybridized carbons (Fsp3) is 0.250. The van der Waals surface area contributed by atoms with Crippen LogP contribution in [0.2, 0.25) is 0 Å². The molecule has 5 nitrogen and oxygen atoms in total. The molecular formula is C16H13N3O2S. The van der Waals surface area contributed by atoms with Crippen LogP contribution in [0.5, 0.6) is 0 Å². The summed E-state index contributed by atoms with van der Waals surface area (Å²) in [7, 11) is 0. The highest BCUT2D eigenvalue weighted by atomic mass is 32.1. The Morgan fingerprint density at radius 2 is 1.91 bits per heavy atom. The third-order valence-corrected chi connectivity index (χ3v) is 4.30. The van der Waals surface area contributed by atoms with Crippen LogP contribution in [0.25, 0.3) is 11.1 Å². The van der Waals surface area contributed by atoms with Crippen molar-refractivity contribution in [3.8, 4) is 17.2 Å². The summed E-state index contributed by atoms with van der Waals surface area (Å²) in [5.41, 5.74) is 4.33. The monoisotopic (exact) mass is 311 g/mol. The number of pyridine rings is 1. The summed E-state index contributed by atoms with van der Waals surface area (Å²) in [6.07, 6.45) is 3.99. The van der Waals surface area contributed by atoms with Gasteiger partial charge in [0.1, 0.15) is 10.7 Å². The molecule has 3 rings (SSSR count). The van der Waals surface area contributed by atoms with E-state index in [9.17, 15) is 15.4 Å². The lowest BCUT2D eigenvalue weighted by molar-refractivity contribution is -0.384. The molecule has 110 valence electrons. The maximum atomic E-state index is 10.8. The van der Waals surface area contributed by atoms with E-state index in [4.69, 9.17) is 12.2 Å². The Morgan fingerprint density at radius 1 is 1.23 bits per heavy atom. The largest absolute Gasteiger partial charge is 0.349 e. The predicted octanol–water partition coefficient (Wildman–Crippen LogP) is 4.07. The van der Waals surface area contributed by atoms with E-state index >= 15 is 0 Å². The van der Waals surface area contributed by atoms with Gasteiger partial charge >= 0.3 is 0 Å². The maximum absolute atomic E-state index is 10.8. The lowest BCUT2D eigenvalue weighted by Gasteiger charge is -2.20. The molecule has 1 aromatic heterocycles. The Kier molecular flexibility index (Phi) is 3.73. The number of nitro benzene ring substituents is 1. The summed E-state index contributed by atoms with van der Waals surface area (Å²) in [5, 5.41) is 20.3. The summed E-state index contributed by atoms with van der Waals surface area (Å²) in [6.45, 7) is 0. The minimum absolute atomic E-state index is 0.0391. The van der Waals surface area contributed by atoms with E-state index in [-0.39, 0.29) is 5.69 Å². The number of fused-ring (bicyclic) bond motifs is 1. The molecule has 22 heavy (non-hydrogen) atoms. The first kappa shape index (κ1) is 14.4. The number of aryl methyl sites for hydroxylation is 1. The fourth-order valence-electron chi connectivity index (χ4n) is 2.96. The predicted molar refractivity (Wildman–Crippen MR) is 85.1 cm³/mol. The minimum atomic E-state index is -0.429. The Morgan fingerprint density at radius 3 is 2.55 bits per heavy atom. The van der Waals surface area contributed by atoms with Gasteiger partial charge in [0.15, 0.2) is 0 Å². The molecule has 1 aliphatic rings. The summed E-state index contributed by atoms with van der Waals surface area (Å²) in [4.78, 5) is 13.5. The number of nitriles is 1. The van der Waals surface area contributed by atoms with Crippen LogP contribution < -0.4 is 0 Å². The van der Waals surface area contributed by atoms with Gasteiger partial charge < -0.3 is 4.98 Å². The van der Waals surface area contributed by atoms with E-state index in [0.29, 0.717) is 10.2 Å². The van der Waals surface area contributed by atoms with Crippen LogP contribution in [0.3, 0.4) is 0 Å². The zero-order valence-electron chi connectivity index (χ0n) is 11.8. The van der Waals surface area contributed by atoms with Gasteiger partial charge in [0.25, 0.3) is 5.69 Å². The third-order valence-electron chi connectivity index (χ3n) is 3.99. The second kappa shape index (κ2) is 5.70. The molecule has 0 fully saturated rings. The lowest BCUT2D eigenvalue weighted by Crippen LogP contribution is -2.09. The number of non-ortho nitro benzene ring substituents is 1. The van der Waals surface area contributed by atoms with E-state index in [1.165, 1.54) is 12.1 Å². The molecule has 1 N–H and O–H groups in total. The van der Waals surface area contributed by atoms with E-state index in [1.807, 2.05) is 0 Å². The van der Waals surface area contributed by atoms with E-state index in [1.54, 1.807) is 12.1 Å². The topological polar surface area (TPSA) is 82.7 Å². The molecule has 1 heterocycles. The van der Waals surface area contributed by atoms with Crippen molar-refractivity contribution in [1.29, 1.82) is 5.26 Å². The molecule has 0 unspecified atom stereocenters. The summed E-state index contributed by atoms with van der Waals surface area (Å²) in [6, 6.07) is 8.49. The van der Waals surface area contributed by atoms with Crippen LogP contribution in [-0.4, -0.2) is 9.91 Å². The Hall–Kier alpha value is -2.52. The van der Waals surface area contributed by atoms with Gasteiger partial charge in [0, 0.05) is 23.4 Å². The summed E-state index contributed by atoms with van der Waals surface area (Å²) >= 11 is 5.31. The zero-order valence-corrected chi connectivity index (χ0v) is 12.6. The Bertz CT molecular complexity index is 847. The Labute approximate surface area is 132 Å². The van der Waals surface area contributed by atoms with Crippen LogP contribution in [0.1, 0.15) is 29.7 Å². The van der Waals surface area contributed by atoms with Crippen molar-refractivity contribution in [3.63, 3.8) is 0 Å². The summed E-state index contributed by atoms with van der Waals surface area (Å²) in [5.74, 6) is 0. The molecule has 1 aliphatic carbocycles. The highest BCUT2D eigenvalue weighted by Gasteiger charge is 2.20. The molecule has 0 bridgehead atoms. The van der Waals surface area contributed by atoms with Crippen molar-refractivity contribution < 1.29 is 4.92 Å². The number of nitro groups is 1. The van der Waals surface area contributed by atoms with Gasteiger partial charge in [-0.1, -0.05) is 12.2 Å². The van der Waals surface area contributed by atoms with Gasteiger partial charge in [-0.05, 0) is 48.9 Å². The SMILES string of the molecule is N#Cc1c(-c2ccc([N+](=O)[O-])cc2)c2c([nH]c1=S)CCCC2. The quantitative estimate of drug-likeness (QED) is 0.515. The van der Waals surface area contributed by atoms with E-state index < -0.39 is 4.92 Å². The average molecular weight is 311 g/mol. The average Bonchev–Trinajstić information content (AvgIpc) is 2.53. The number of hydrogen-bond donors (Lipinski definition) is 1. The molecule has 6 heteroatoms. The normalized spacial score (nSPS) is 13.2. The lowest BCUT2D eigenvalue weighted by atomic mass is 9.87. The van der Waals surface area contributed by atoms with Crippen LogP contribution in [0.4, 0.5) is 5.69 Å². The fourth-order valence-corrected chi connectivity index (χ4v) is 3.23. The second-order valence-corrected chi connectivity index (χ2v) is 5.69. The van der Waals surface area contributed by atoms with Gasteiger partial charge in [-0.25, -0.2) is 0 Å². The van der Waals surface area contributed by atoms with Gasteiger partial charge in [-0.3, -0.25) is 10.1 Å². The maximum Gasteiger partial charge on any atom is 0.269 e. The molecule has 0 amide bonds. The van der Waals surface area contributed by atoms with Crippen molar-refractivity contribution in [2.45, 2.75) is 25.7 Å². The van der Waals surface area contributed by atoms with Crippen LogP contribution in [-0.2, 0) is 12.8 Å². The number of nitrogens with zero attached hydrogens (tertiary/aromatic N) is 2. The van der Waals surface area contributed by atoms with Crippen LogP contribution >= 0.6 is 12.2 Å². The molecule has 0 saturated heterocycles. The van der Waals surface area contributed by atoms with Crippen LogP contribution in [0.15, 0.2) is 24.3 Å². The second-order valence-electron chi connectivity index (χ2n) is 5.28. The molecule has 1 aromatic carbocycles. The molecule has 0 atom stereocenters. The van der Waals surface area contributed by atoms with E-state index in [2.05, 4.69) is 11.1 Å². The van der Waals surface area contributed by atoms with Crippen molar-refractivity contribution in [2.75, 3.05) is 0 Å². The number of H-pyrrole nitrogens is 1. The Balaban J connectivity index is 2.25. The minimum Gasteiger partial charge on any atom is -0.349 e. The molecule has 0 spiro atoms. The zero-order chi connectivity index (χ0) is 15.7. The molecule has 0 aliphatic heterocycles. The van der Waals surface area contributed by atoms with Crippen molar-refractivity contribution >= 4 is 17.9 Å². The summed E-state index contributed by atoms with van der Waals surface area (Å²) < 4.78 is 0.441. The van der Waals surface area contributed by atoms with E-state index in [0.717, 1.165) is 48.1 Å². The first-order valence-corrected chi connectivity index (χ1v) is 7.45. The number of aromatic nitrogens is 1. The first-order valence-electron chi connectivity index (χ1n) is 7.04. The highest BCUT2D eigenvalue weighted by Crippen LogP contribution is 2.34. The standard InChI is InChI=1S/C16H13N3O2S/c17-9-13-15(10-5-7-11(8-6-10)19(20)21)12-3-1-2-4-14(12)18-16(13)22/h5-8H,1-4H2,(H,18,22). The van der Waals surface area contributed by atoms with Crippen molar-refractivity contribution in [1.82, 2.24) is 4.98 Å². The third kappa shape index (κ3) is 2.40. The smallest absolute Gasteiger partial charge is 0.269 e. The van der Waals surface area contributed by atoms with Crippen LogP contribution in [0, 0.1) is 26.1 Å². The molecular weight excluding hydrogens is 298 g/mol. The molecule has 0 saturated carbocycles. The molecule has 0 radical (unpaired) electrons. The number of benzene rings is 1. The number of hydrogen-bond acceptors (Lipinski definition) is 4. The van der Waals surface area contributed by atoms with Gasteiger partial charge in [-0.2, -0.15) is 5.26 Å². The van der Waals surface area contributed by atoms with Crippen molar-refractivity contribution in [3.05, 3.63) is 55.8 Å². The van der Waals surface area contributed by atoms with Gasteiger partial charge in [0.2, 0.25) is 0 Å². The van der Waals surface area contributed by atoms with Gasteiger partial charge in [-0.15, -0.1) is 0 Å². The first-order chi connectivity index (χ1) is 10.6. The number of nitrogens with one attached hydrogen (secondary N) is 1. The van der Waals surface area contributed by atoms with Crippen molar-refractivity contribution in [2.24, 2.45) is 0 Å². The molecule has 2 aromatic rings. The number of aromatic amines is 1. The number of rotatable bonds is 2. The highest BCUT2D eigenvalue weighted by molar-refractivity contribution is 7.71. The van der Waals surface area contributed by atoms with Gasteiger partial charge in [0.05, 0.1) is 10.5 Å².